The van der Waals surface area contributed by atoms with Gasteiger partial charge in [0.2, 0.25) is 0 Å². The number of carbonyl (C=O) groups excluding carboxylic acids is 1. The van der Waals surface area contributed by atoms with Crippen LogP contribution in [-0.2, 0) is 11.3 Å². The van der Waals surface area contributed by atoms with Gasteiger partial charge in [-0.05, 0) is 17.7 Å². The summed E-state index contributed by atoms with van der Waals surface area (Å²) >= 11 is 0. The molecule has 1 amide bonds. The molecule has 7 heteroatoms. The van der Waals surface area contributed by atoms with Gasteiger partial charge in [0.1, 0.15) is 12.8 Å². The van der Waals surface area contributed by atoms with Gasteiger partial charge in [0.15, 0.2) is 11.5 Å². The van der Waals surface area contributed by atoms with Gasteiger partial charge in [0.25, 0.3) is 0 Å². The molecule has 1 aliphatic heterocycles. The quantitative estimate of drug-likeness (QED) is 0.578. The van der Waals surface area contributed by atoms with Gasteiger partial charge >= 0.3 is 6.09 Å². The largest absolute Gasteiger partial charge is 0.504 e. The second kappa shape index (κ2) is 5.26. The van der Waals surface area contributed by atoms with Crippen LogP contribution in [0.3, 0.4) is 0 Å². The first-order valence-electron chi connectivity index (χ1n) is 5.33. The van der Waals surface area contributed by atoms with Crippen LogP contribution in [0.4, 0.5) is 4.79 Å². The van der Waals surface area contributed by atoms with Crippen molar-refractivity contribution in [1.82, 2.24) is 10.6 Å². The van der Waals surface area contributed by atoms with E-state index in [9.17, 15) is 9.90 Å². The number of phenols is 2. The molecule has 0 radical (unpaired) electrons. The van der Waals surface area contributed by atoms with Crippen molar-refractivity contribution in [3.8, 4) is 11.5 Å². The van der Waals surface area contributed by atoms with Crippen molar-refractivity contribution in [2.24, 2.45) is 4.99 Å². The topological polar surface area (TPSA) is 103 Å². The van der Waals surface area contributed by atoms with E-state index in [0.717, 1.165) is 0 Å². The molecule has 0 aromatic heterocycles. The zero-order chi connectivity index (χ0) is 13.0. The minimum absolute atomic E-state index is 0.00719. The van der Waals surface area contributed by atoms with Crippen LogP contribution < -0.4 is 10.6 Å². The van der Waals surface area contributed by atoms with Crippen LogP contribution in [-0.4, -0.2) is 35.4 Å². The maximum Gasteiger partial charge on any atom is 0.409 e. The molecule has 1 heterocycles. The summed E-state index contributed by atoms with van der Waals surface area (Å²) in [7, 11) is 0. The molecule has 0 spiro atoms. The Balaban J connectivity index is 1.79. The lowest BCUT2D eigenvalue weighted by Crippen LogP contribution is -2.43. The standard InChI is InChI=1S/C11H13N3O4/c15-8-2-1-7(3-9(8)16)5-18-11(17)14-10-4-12-6-13-10/h1-3,6,10,15-16H,4-5H2,(H,12,13)(H,14,17). The molecule has 1 unspecified atom stereocenters. The maximum absolute atomic E-state index is 11.4. The highest BCUT2D eigenvalue weighted by Crippen LogP contribution is 2.25. The van der Waals surface area contributed by atoms with E-state index in [-0.39, 0.29) is 24.3 Å². The van der Waals surface area contributed by atoms with Crippen LogP contribution in [0.15, 0.2) is 23.2 Å². The molecule has 0 bridgehead atoms. The van der Waals surface area contributed by atoms with Gasteiger partial charge in [-0.25, -0.2) is 4.79 Å². The van der Waals surface area contributed by atoms with Gasteiger partial charge in [-0.3, -0.25) is 10.3 Å². The summed E-state index contributed by atoms with van der Waals surface area (Å²) in [6, 6.07) is 4.22. The summed E-state index contributed by atoms with van der Waals surface area (Å²) in [4.78, 5) is 15.3. The minimum Gasteiger partial charge on any atom is -0.504 e. The van der Waals surface area contributed by atoms with Crippen molar-refractivity contribution in [1.29, 1.82) is 0 Å². The molecule has 7 nitrogen and oxygen atoms in total. The zero-order valence-electron chi connectivity index (χ0n) is 9.46. The first kappa shape index (κ1) is 12.0. The molecule has 0 saturated heterocycles. The van der Waals surface area contributed by atoms with Crippen LogP contribution in [0.1, 0.15) is 5.56 Å². The third-order valence-electron chi connectivity index (χ3n) is 2.36. The number of amides is 1. The Morgan fingerprint density at radius 2 is 2.33 bits per heavy atom. The van der Waals surface area contributed by atoms with Crippen molar-refractivity contribution in [2.45, 2.75) is 12.8 Å². The minimum atomic E-state index is -0.578. The summed E-state index contributed by atoms with van der Waals surface area (Å²) in [5.74, 6) is -0.460. The summed E-state index contributed by atoms with van der Waals surface area (Å²) in [6.07, 6.45) is 0.694. The number of nitrogens with zero attached hydrogens (tertiary/aromatic N) is 1. The number of ether oxygens (including phenoxy) is 1. The average Bonchev–Trinajstić information content (AvgIpc) is 2.83. The number of phenolic OH excluding ortho intramolecular Hbond substituents is 2. The van der Waals surface area contributed by atoms with E-state index in [1.165, 1.54) is 18.5 Å². The van der Waals surface area contributed by atoms with E-state index in [0.29, 0.717) is 12.1 Å². The van der Waals surface area contributed by atoms with Crippen LogP contribution in [0, 0.1) is 0 Å². The molecule has 1 atom stereocenters. The van der Waals surface area contributed by atoms with Crippen molar-refractivity contribution >= 4 is 12.4 Å². The highest BCUT2D eigenvalue weighted by atomic mass is 16.5. The Morgan fingerprint density at radius 3 is 3.00 bits per heavy atom. The SMILES string of the molecule is O=C(NC1CN=CN1)OCc1ccc(O)c(O)c1. The molecule has 1 aromatic rings. The molecule has 4 N–H and O–H groups in total. The molecular weight excluding hydrogens is 238 g/mol. The molecule has 0 fully saturated rings. The number of alkyl carbamates (subject to hydrolysis) is 1. The van der Waals surface area contributed by atoms with E-state index in [2.05, 4.69) is 15.6 Å². The summed E-state index contributed by atoms with van der Waals surface area (Å²) in [5, 5.41) is 23.8. The van der Waals surface area contributed by atoms with Crippen LogP contribution in [0.5, 0.6) is 11.5 Å². The predicted octanol–water partition coefficient (Wildman–Crippen LogP) is 0.282. The molecule has 0 aliphatic carbocycles. The number of hydrogen-bond acceptors (Lipinski definition) is 6. The normalized spacial score (nSPS) is 17.2. The molecule has 18 heavy (non-hydrogen) atoms. The van der Waals surface area contributed by atoms with Crippen molar-refractivity contribution in [3.05, 3.63) is 23.8 Å². The second-order valence-corrected chi connectivity index (χ2v) is 3.76. The second-order valence-electron chi connectivity index (χ2n) is 3.76. The Labute approximate surface area is 103 Å². The Kier molecular flexibility index (Phi) is 3.52. The van der Waals surface area contributed by atoms with Crippen LogP contribution in [0.2, 0.25) is 0 Å². The van der Waals surface area contributed by atoms with Crippen molar-refractivity contribution in [2.75, 3.05) is 6.54 Å². The van der Waals surface area contributed by atoms with E-state index in [1.54, 1.807) is 6.07 Å². The monoisotopic (exact) mass is 251 g/mol. The van der Waals surface area contributed by atoms with Crippen molar-refractivity contribution < 1.29 is 19.7 Å². The van der Waals surface area contributed by atoms with E-state index in [4.69, 9.17) is 9.84 Å². The van der Waals surface area contributed by atoms with E-state index >= 15 is 0 Å². The molecular formula is C11H13N3O4. The Bertz CT molecular complexity index is 467. The van der Waals surface area contributed by atoms with Gasteiger partial charge in [0, 0.05) is 0 Å². The van der Waals surface area contributed by atoms with Crippen molar-refractivity contribution in [3.63, 3.8) is 0 Å². The van der Waals surface area contributed by atoms with Crippen LogP contribution in [0.25, 0.3) is 0 Å². The molecule has 0 saturated carbocycles. The fourth-order valence-electron chi connectivity index (χ4n) is 1.43. The Hall–Kier alpha value is -2.44. The first-order chi connectivity index (χ1) is 8.65. The zero-order valence-corrected chi connectivity index (χ0v) is 9.46. The summed E-state index contributed by atoms with van der Waals surface area (Å²) in [6.45, 7) is 0.475. The third-order valence-corrected chi connectivity index (χ3v) is 2.36. The van der Waals surface area contributed by atoms with Gasteiger partial charge < -0.3 is 20.3 Å². The predicted molar refractivity (Wildman–Crippen MR) is 63.4 cm³/mol. The smallest absolute Gasteiger partial charge is 0.409 e. The number of rotatable bonds is 3. The lowest BCUT2D eigenvalue weighted by Gasteiger charge is -2.12. The summed E-state index contributed by atoms with van der Waals surface area (Å²) < 4.78 is 4.95. The number of hydrogen-bond donors (Lipinski definition) is 4. The molecule has 2 rings (SSSR count). The third kappa shape index (κ3) is 3.03. The number of aromatic hydroxyl groups is 2. The number of carbonyl (C=O) groups is 1. The number of benzene rings is 1. The van der Waals surface area contributed by atoms with Gasteiger partial charge in [0.05, 0.1) is 12.9 Å². The fourth-order valence-corrected chi connectivity index (χ4v) is 1.43. The maximum atomic E-state index is 11.4. The molecule has 1 aliphatic rings. The highest BCUT2D eigenvalue weighted by molar-refractivity contribution is 5.69. The Morgan fingerprint density at radius 1 is 1.50 bits per heavy atom. The average molecular weight is 251 g/mol. The van der Waals surface area contributed by atoms with Gasteiger partial charge in [-0.15, -0.1) is 0 Å². The lowest BCUT2D eigenvalue weighted by molar-refractivity contribution is 0.135. The number of nitrogens with one attached hydrogen (secondary N) is 2. The molecule has 96 valence electrons. The van der Waals surface area contributed by atoms with Gasteiger partial charge in [-0.2, -0.15) is 0 Å². The number of aliphatic imine (C=N–C) groups is 1. The van der Waals surface area contributed by atoms with E-state index in [1.807, 2.05) is 0 Å². The van der Waals surface area contributed by atoms with Crippen LogP contribution >= 0.6 is 0 Å². The highest BCUT2D eigenvalue weighted by Gasteiger charge is 2.14. The van der Waals surface area contributed by atoms with E-state index < -0.39 is 6.09 Å². The first-order valence-corrected chi connectivity index (χ1v) is 5.33. The molecule has 1 aromatic carbocycles. The lowest BCUT2D eigenvalue weighted by atomic mass is 10.2. The fraction of sp³-hybridized carbons (Fsp3) is 0.273. The van der Waals surface area contributed by atoms with Gasteiger partial charge in [-0.1, -0.05) is 6.07 Å². The summed E-state index contributed by atoms with van der Waals surface area (Å²) in [5.41, 5.74) is 0.580.